The molecule has 1 saturated heterocycles. The molecule has 0 bridgehead atoms. The summed E-state index contributed by atoms with van der Waals surface area (Å²) in [6, 6.07) is 18.6. The van der Waals surface area contributed by atoms with Crippen molar-refractivity contribution in [2.45, 2.75) is 71.6 Å². The lowest BCUT2D eigenvalue weighted by Crippen LogP contribution is -2.32. The van der Waals surface area contributed by atoms with Gasteiger partial charge in [0.25, 0.3) is 0 Å². The minimum atomic E-state index is -3.77. The number of hydroxylamine groups is 2. The van der Waals surface area contributed by atoms with Crippen molar-refractivity contribution in [1.29, 1.82) is 0 Å². The molecule has 12 heteroatoms. The predicted molar refractivity (Wildman–Crippen MR) is 202 cm³/mol. The average Bonchev–Trinajstić information content (AvgIpc) is 3.48. The maximum atomic E-state index is 14.2. The van der Waals surface area contributed by atoms with Crippen LogP contribution in [0.25, 0.3) is 20.5 Å². The SMILES string of the molecule is C=C.CCCCCS(=O)(=O)Oc1ccc(-c2sc3cc(OS(=O)(=O)CCCCC)ccc3c2C(=O)c2ccc(ON3CCCCC3)cc2)cc1. The zero-order chi connectivity index (χ0) is 36.1. The van der Waals surface area contributed by atoms with E-state index >= 15 is 0 Å². The Morgan fingerprint density at radius 3 is 1.84 bits per heavy atom. The molecule has 0 spiro atoms. The number of hydrogen-bond donors (Lipinski definition) is 0. The van der Waals surface area contributed by atoms with E-state index in [9.17, 15) is 21.6 Å². The zero-order valence-corrected chi connectivity index (χ0v) is 31.3. The van der Waals surface area contributed by atoms with Crippen molar-refractivity contribution in [3.8, 4) is 27.7 Å². The van der Waals surface area contributed by atoms with E-state index < -0.39 is 20.2 Å². The fourth-order valence-corrected chi connectivity index (χ4v) is 8.89. The van der Waals surface area contributed by atoms with Crippen molar-refractivity contribution >= 4 is 47.4 Å². The Hall–Kier alpha value is -3.71. The van der Waals surface area contributed by atoms with Crippen LogP contribution >= 0.6 is 11.3 Å². The molecule has 1 aromatic heterocycles. The molecule has 1 fully saturated rings. The second-order valence-corrected chi connectivity index (χ2v) is 16.5. The summed E-state index contributed by atoms with van der Waals surface area (Å²) < 4.78 is 61.6. The summed E-state index contributed by atoms with van der Waals surface area (Å²) >= 11 is 1.33. The van der Waals surface area contributed by atoms with Gasteiger partial charge in [0, 0.05) is 39.2 Å². The van der Waals surface area contributed by atoms with Crippen LogP contribution < -0.4 is 13.2 Å². The summed E-state index contributed by atoms with van der Waals surface area (Å²) in [6.07, 6.45) is 7.81. The average molecular weight is 742 g/mol. The number of thiophene rings is 1. The molecule has 5 rings (SSSR count). The number of ketones is 1. The van der Waals surface area contributed by atoms with Gasteiger partial charge >= 0.3 is 20.2 Å². The van der Waals surface area contributed by atoms with E-state index in [2.05, 4.69) is 13.2 Å². The first-order chi connectivity index (χ1) is 24.1. The number of piperidine rings is 1. The molecule has 270 valence electrons. The summed E-state index contributed by atoms with van der Waals surface area (Å²) in [4.78, 5) is 20.8. The molecule has 50 heavy (non-hydrogen) atoms. The van der Waals surface area contributed by atoms with Gasteiger partial charge in [0.05, 0.1) is 11.5 Å². The topological polar surface area (TPSA) is 116 Å². The molecular formula is C38H47NO8S3. The first-order valence-electron chi connectivity index (χ1n) is 17.2. The highest BCUT2D eigenvalue weighted by atomic mass is 32.2. The number of benzene rings is 3. The van der Waals surface area contributed by atoms with Crippen molar-refractivity contribution < 1.29 is 34.8 Å². The molecule has 0 aliphatic carbocycles. The summed E-state index contributed by atoms with van der Waals surface area (Å²) in [7, 11) is -7.50. The minimum Gasteiger partial charge on any atom is -0.406 e. The highest BCUT2D eigenvalue weighted by molar-refractivity contribution is 7.87. The van der Waals surface area contributed by atoms with Crippen LogP contribution in [0, 0.1) is 0 Å². The van der Waals surface area contributed by atoms with Crippen molar-refractivity contribution in [3.63, 3.8) is 0 Å². The van der Waals surface area contributed by atoms with Gasteiger partial charge in [0.15, 0.2) is 5.78 Å². The van der Waals surface area contributed by atoms with Crippen LogP contribution in [-0.4, -0.2) is 52.3 Å². The molecule has 0 saturated carbocycles. The molecule has 4 aromatic rings. The lowest BCUT2D eigenvalue weighted by molar-refractivity contribution is -0.0720. The molecule has 1 aliphatic rings. The lowest BCUT2D eigenvalue weighted by Gasteiger charge is -2.26. The molecule has 9 nitrogen and oxygen atoms in total. The van der Waals surface area contributed by atoms with Crippen LogP contribution in [0.15, 0.2) is 79.9 Å². The minimum absolute atomic E-state index is 0.0574. The number of fused-ring (bicyclic) bond motifs is 1. The molecule has 0 unspecified atom stereocenters. The highest BCUT2D eigenvalue weighted by Crippen LogP contribution is 2.42. The third-order valence-electron chi connectivity index (χ3n) is 8.11. The van der Waals surface area contributed by atoms with Crippen LogP contribution in [0.4, 0.5) is 0 Å². The highest BCUT2D eigenvalue weighted by Gasteiger charge is 2.24. The predicted octanol–water partition coefficient (Wildman–Crippen LogP) is 9.18. The van der Waals surface area contributed by atoms with E-state index in [4.69, 9.17) is 13.2 Å². The maximum Gasteiger partial charge on any atom is 0.309 e. The van der Waals surface area contributed by atoms with E-state index in [-0.39, 0.29) is 28.8 Å². The second-order valence-electron chi connectivity index (χ2n) is 12.0. The van der Waals surface area contributed by atoms with E-state index in [1.54, 1.807) is 66.7 Å². The van der Waals surface area contributed by atoms with Gasteiger partial charge in [-0.3, -0.25) is 4.79 Å². The lowest BCUT2D eigenvalue weighted by atomic mass is 9.97. The Morgan fingerprint density at radius 1 is 0.720 bits per heavy atom. The van der Waals surface area contributed by atoms with Gasteiger partial charge < -0.3 is 13.2 Å². The van der Waals surface area contributed by atoms with Gasteiger partial charge in [-0.15, -0.1) is 29.6 Å². The quantitative estimate of drug-likeness (QED) is 0.0452. The van der Waals surface area contributed by atoms with Gasteiger partial charge in [-0.1, -0.05) is 46.0 Å². The number of rotatable bonds is 17. The molecule has 0 N–H and O–H groups in total. The molecule has 0 amide bonds. The Kier molecular flexibility index (Phi) is 14.5. The monoisotopic (exact) mass is 741 g/mol. The van der Waals surface area contributed by atoms with E-state index in [0.717, 1.165) is 51.6 Å². The van der Waals surface area contributed by atoms with Crippen molar-refractivity contribution in [2.24, 2.45) is 0 Å². The summed E-state index contributed by atoms with van der Waals surface area (Å²) in [6.45, 7) is 11.7. The van der Waals surface area contributed by atoms with Crippen molar-refractivity contribution in [1.82, 2.24) is 5.06 Å². The van der Waals surface area contributed by atoms with Crippen LogP contribution in [0.3, 0.4) is 0 Å². The van der Waals surface area contributed by atoms with Gasteiger partial charge in [-0.05, 0) is 98.0 Å². The summed E-state index contributed by atoms with van der Waals surface area (Å²) in [5.41, 5.74) is 1.62. The first kappa shape index (κ1) is 39.1. The van der Waals surface area contributed by atoms with Gasteiger partial charge in [-0.2, -0.15) is 16.8 Å². The standard InChI is InChI=1S/C36H43NO8S3.C2H4/c1-3-5-10-24-47(39,40)44-30-18-14-28(15-19-30)36-34(35(38)27-12-16-29(17-13-27)43-37-22-8-7-9-23-37)32-21-20-31(26-33(32)46-36)45-48(41,42)25-11-6-4-2;1-2/h12-21,26H,3-11,22-25H2,1-2H3;1-2H2. The fraction of sp³-hybridized carbons (Fsp3) is 0.395. The molecule has 1 aliphatic heterocycles. The van der Waals surface area contributed by atoms with E-state index in [1.807, 2.05) is 18.9 Å². The second kappa shape index (κ2) is 18.5. The number of unbranched alkanes of at least 4 members (excludes halogenated alkanes) is 4. The van der Waals surface area contributed by atoms with Crippen LogP contribution in [0.1, 0.15) is 87.6 Å². The molecular weight excluding hydrogens is 695 g/mol. The smallest absolute Gasteiger partial charge is 0.309 e. The van der Waals surface area contributed by atoms with Crippen molar-refractivity contribution in [3.05, 3.63) is 91.0 Å². The van der Waals surface area contributed by atoms with Crippen molar-refractivity contribution in [2.75, 3.05) is 24.6 Å². The van der Waals surface area contributed by atoms with Gasteiger partial charge in [-0.25, -0.2) is 0 Å². The van der Waals surface area contributed by atoms with Gasteiger partial charge in [0.1, 0.15) is 17.2 Å². The molecule has 0 radical (unpaired) electrons. The van der Waals surface area contributed by atoms with E-state index in [1.165, 1.54) is 17.8 Å². The Morgan fingerprint density at radius 2 is 1.26 bits per heavy atom. The Bertz CT molecular complexity index is 1910. The van der Waals surface area contributed by atoms with Crippen LogP contribution in [-0.2, 0) is 20.2 Å². The fourth-order valence-electron chi connectivity index (χ4n) is 5.57. The molecule has 3 aromatic carbocycles. The largest absolute Gasteiger partial charge is 0.406 e. The normalized spacial score (nSPS) is 13.7. The Balaban J connectivity index is 0.00000276. The summed E-state index contributed by atoms with van der Waals surface area (Å²) in [5, 5.41) is 2.60. The van der Waals surface area contributed by atoms with Crippen LogP contribution in [0.5, 0.6) is 17.2 Å². The third-order valence-corrected chi connectivity index (χ3v) is 11.8. The number of nitrogens with zero attached hydrogens (tertiary/aromatic N) is 1. The third kappa shape index (κ3) is 10.9. The maximum absolute atomic E-state index is 14.2. The zero-order valence-electron chi connectivity index (χ0n) is 28.9. The number of carbonyl (C=O) groups excluding carboxylic acids is 1. The van der Waals surface area contributed by atoms with Gasteiger partial charge in [0.2, 0.25) is 0 Å². The van der Waals surface area contributed by atoms with Crippen LogP contribution in [0.2, 0.25) is 0 Å². The Labute approximate surface area is 301 Å². The number of carbonyl (C=O) groups is 1. The summed E-state index contributed by atoms with van der Waals surface area (Å²) in [5.74, 6) is 0.697. The van der Waals surface area contributed by atoms with E-state index in [0.29, 0.717) is 50.2 Å². The number of hydrogen-bond acceptors (Lipinski definition) is 10. The first-order valence-corrected chi connectivity index (χ1v) is 21.1. The molecule has 2 heterocycles. The molecule has 0 atom stereocenters.